The van der Waals surface area contributed by atoms with Crippen LogP contribution >= 0.6 is 0 Å². The van der Waals surface area contributed by atoms with Crippen LogP contribution in [0.5, 0.6) is 0 Å². The molecule has 8 aromatic rings. The Hall–Kier alpha value is -11.6. The van der Waals surface area contributed by atoms with Crippen LogP contribution in [0.1, 0.15) is 201 Å². The minimum Gasteiger partial charge on any atom is -0.380 e. The molecule has 0 spiro atoms. The van der Waals surface area contributed by atoms with Gasteiger partial charge in [0, 0.05) is 112 Å². The predicted octanol–water partition coefficient (Wildman–Crippen LogP) is 9.90. The number of ether oxygens (including phenoxy) is 2. The Bertz CT molecular complexity index is 5460. The van der Waals surface area contributed by atoms with Crippen molar-refractivity contribution < 1.29 is 102 Å². The van der Waals surface area contributed by atoms with Crippen molar-refractivity contribution in [3.63, 3.8) is 0 Å². The van der Waals surface area contributed by atoms with Gasteiger partial charge in [0.15, 0.2) is 34.7 Å². The van der Waals surface area contributed by atoms with Crippen LogP contribution in [0.4, 0.5) is 0 Å². The summed E-state index contributed by atoms with van der Waals surface area (Å²) in [6.07, 6.45) is 4.21. The third kappa shape index (κ3) is 37.2. The molecule has 4 amide bonds. The molecule has 772 valence electrons. The lowest BCUT2D eigenvalue weighted by atomic mass is 9.86. The first-order chi connectivity index (χ1) is 68.0. The Labute approximate surface area is 838 Å². The molecule has 2 aliphatic heterocycles. The summed E-state index contributed by atoms with van der Waals surface area (Å²) in [5, 5.41) is 52.0. The molecular weight excluding hydrogens is 1870 g/mol. The van der Waals surface area contributed by atoms with Crippen molar-refractivity contribution in [3.05, 3.63) is 227 Å². The second kappa shape index (κ2) is 54.9. The number of rotatable bonds is 62. The highest BCUT2D eigenvalue weighted by Gasteiger charge is 2.44. The summed E-state index contributed by atoms with van der Waals surface area (Å²) in [6.45, 7) is 19.3. The van der Waals surface area contributed by atoms with E-state index in [0.717, 1.165) is 37.1 Å². The van der Waals surface area contributed by atoms with E-state index in [2.05, 4.69) is 41.9 Å². The Morgan fingerprint density at radius 3 is 1.05 bits per heavy atom. The maximum Gasteiger partial charge on any atom is 0.297 e. The molecular formula is C107H140N12O22S2. The van der Waals surface area contributed by atoms with E-state index in [-0.39, 0.29) is 156 Å². The number of nitrogens with zero attached hydrogens (tertiary/aromatic N) is 8. The molecule has 2 unspecified atom stereocenters. The van der Waals surface area contributed by atoms with Gasteiger partial charge in [-0.15, -0.1) is 10.2 Å². The van der Waals surface area contributed by atoms with Crippen LogP contribution in [-0.2, 0) is 131 Å². The van der Waals surface area contributed by atoms with Crippen LogP contribution in [0.2, 0.25) is 0 Å². The molecule has 6 aromatic carbocycles. The second-order valence-corrected chi connectivity index (χ2v) is 43.1. The summed E-state index contributed by atoms with van der Waals surface area (Å²) in [7, 11) is -9.58. The summed E-state index contributed by atoms with van der Waals surface area (Å²) < 4.78 is 80.3. The number of Topliss-reactive ketones (excluding diaryl/α,β-unsaturated/α-hetero) is 8. The molecule has 10 rings (SSSR count). The first-order valence-corrected chi connectivity index (χ1v) is 52.3. The third-order valence-corrected chi connectivity index (χ3v) is 27.9. The van der Waals surface area contributed by atoms with Gasteiger partial charge in [0.1, 0.15) is 42.7 Å². The fourth-order valence-corrected chi connectivity index (χ4v) is 19.6. The Morgan fingerprint density at radius 2 is 0.713 bits per heavy atom. The summed E-state index contributed by atoms with van der Waals surface area (Å²) in [5.74, 6) is -10.9. The molecule has 2 aromatic heterocycles. The highest BCUT2D eigenvalue weighted by molar-refractivity contribution is 7.87. The number of nitrogens with one attached hydrogen (secondary N) is 4. The Morgan fingerprint density at radius 1 is 0.399 bits per heavy atom. The first-order valence-electron chi connectivity index (χ1n) is 49.5. The molecule has 2 fully saturated rings. The van der Waals surface area contributed by atoms with Crippen molar-refractivity contribution >= 4 is 90.1 Å². The van der Waals surface area contributed by atoms with Crippen molar-refractivity contribution in [3.8, 4) is 0 Å². The monoisotopic (exact) mass is 2010 g/mol. The van der Waals surface area contributed by atoms with E-state index in [1.807, 2.05) is 98.2 Å². The Kier molecular flexibility index (Phi) is 43.5. The summed E-state index contributed by atoms with van der Waals surface area (Å²) in [6, 6.07) is 42.1. The molecule has 2 saturated heterocycles. The fraction of sp³-hybridized carbons (Fsp3) is 0.514. The molecule has 4 heterocycles. The average molecular weight is 2010 g/mol. The van der Waals surface area contributed by atoms with Crippen LogP contribution in [0.3, 0.4) is 0 Å². The molecule has 0 radical (unpaired) electrons. The van der Waals surface area contributed by atoms with Crippen LogP contribution < -0.4 is 21.3 Å². The average Bonchev–Trinajstić information content (AvgIpc) is 1.41. The van der Waals surface area contributed by atoms with Crippen molar-refractivity contribution in [2.24, 2.45) is 47.3 Å². The van der Waals surface area contributed by atoms with Crippen LogP contribution in [0, 0.1) is 47.3 Å². The summed E-state index contributed by atoms with van der Waals surface area (Å²) in [4.78, 5) is 175. The molecule has 34 nitrogen and oxygen atoms in total. The number of amides is 4. The second-order valence-electron chi connectivity index (χ2n) is 39.8. The van der Waals surface area contributed by atoms with Gasteiger partial charge >= 0.3 is 0 Å². The van der Waals surface area contributed by atoms with Crippen molar-refractivity contribution in [1.82, 2.24) is 61.1 Å². The number of carbonyl (C=O) groups excluding carboxylic acids is 12. The minimum atomic E-state index is -4.79. The molecule has 36 heteroatoms. The maximum absolute atomic E-state index is 14.8. The van der Waals surface area contributed by atoms with Crippen LogP contribution in [0.15, 0.2) is 192 Å². The fourth-order valence-electron chi connectivity index (χ4n) is 17.5. The highest BCUT2D eigenvalue weighted by Crippen LogP contribution is 2.29. The van der Waals surface area contributed by atoms with E-state index in [0.29, 0.717) is 101 Å². The zero-order valence-corrected chi connectivity index (χ0v) is 85.3. The predicted molar refractivity (Wildman–Crippen MR) is 534 cm³/mol. The molecule has 0 bridgehead atoms. The van der Waals surface area contributed by atoms with Crippen molar-refractivity contribution in [2.75, 3.05) is 78.9 Å². The number of ketones is 8. The molecule has 2 aliphatic rings. The zero-order valence-electron chi connectivity index (χ0n) is 83.6. The molecule has 0 aliphatic carbocycles. The molecule has 10 atom stereocenters. The van der Waals surface area contributed by atoms with Gasteiger partial charge in [0.25, 0.3) is 20.2 Å². The van der Waals surface area contributed by atoms with Gasteiger partial charge in [-0.3, -0.25) is 75.7 Å². The zero-order chi connectivity index (χ0) is 104. The number of aliphatic hydroxyl groups is 2. The smallest absolute Gasteiger partial charge is 0.297 e. The normalized spacial score (nSPS) is 15.9. The van der Waals surface area contributed by atoms with E-state index in [1.165, 1.54) is 45.8 Å². The SMILES string of the molecule is CC(C)C[C@H](NC(=O)[C@H](CCc1ccccc1)CC(=O)CN1CCOCC1)C(=O)C[C@@H](Cc1ccccc1)C(=O)N[C@@H](CC(C)C)C(=O)C(C)(O)COS(=O)(=O)c1cccc(C(=O)CCc2cn(Cn3cc(CCC(=O)c4cccc(S(=O)(=O)OCC(C)(O)C(=O)[C@H](CC(C)C)NC(=O)[C@@H](CC(=O)[C@H](CC(C)C)NC(=O)[C@H](CCc5ccccc5)CC(=O)CN5CCOCC5)Cc5ccccc5)c4)nn3)nn2)c1. The van der Waals surface area contributed by atoms with Crippen molar-refractivity contribution in [1.29, 1.82) is 0 Å². The van der Waals surface area contributed by atoms with E-state index >= 15 is 0 Å². The quantitative estimate of drug-likeness (QED) is 0.0152. The summed E-state index contributed by atoms with van der Waals surface area (Å²) in [5.41, 5.74) is -1.01. The number of aromatic nitrogens is 6. The molecule has 6 N–H and O–H groups in total. The van der Waals surface area contributed by atoms with E-state index in [4.69, 9.17) is 17.8 Å². The number of hydrogen-bond donors (Lipinski definition) is 6. The highest BCUT2D eigenvalue weighted by atomic mass is 32.2. The van der Waals surface area contributed by atoms with Crippen LogP contribution in [-0.4, -0.2) is 251 Å². The van der Waals surface area contributed by atoms with Gasteiger partial charge in [-0.1, -0.05) is 211 Å². The van der Waals surface area contributed by atoms with Gasteiger partial charge in [0.2, 0.25) is 23.6 Å². The lowest BCUT2D eigenvalue weighted by molar-refractivity contribution is -0.144. The number of benzene rings is 6. The summed E-state index contributed by atoms with van der Waals surface area (Å²) >= 11 is 0. The van der Waals surface area contributed by atoms with E-state index in [1.54, 1.807) is 101 Å². The number of aryl methyl sites for hydroxylation is 4. The number of carbonyl (C=O) groups is 12. The third-order valence-electron chi connectivity index (χ3n) is 25.4. The first kappa shape index (κ1) is 113. The van der Waals surface area contributed by atoms with E-state index < -0.39 is 161 Å². The van der Waals surface area contributed by atoms with Gasteiger partial charge in [0.05, 0.1) is 97.3 Å². The van der Waals surface area contributed by atoms with Crippen molar-refractivity contribution in [2.45, 2.75) is 237 Å². The number of morpholine rings is 2. The topological polar surface area (TPSA) is 467 Å². The Balaban J connectivity index is 0.698. The van der Waals surface area contributed by atoms with Crippen LogP contribution in [0.25, 0.3) is 0 Å². The standard InChI is InChI=1S/C107H140N12O22S2/c1-72(2)53-92(108-102(128)82(39-37-76-25-15-11-16-26-76)59-88(120)67-116-45-49-138-50-46-116)98(124)63-84(57-78-29-19-13-20-30-78)104(130)110-94(55-74(5)6)100(126)106(9,132)69-140-142(134,135)90-35-23-33-80(61-90)96(122)43-41-86-65-118(114-112-86)71-119-66-87(113-115-119)42-44-97(123)81-34-24-36-91(62-81)143(136,137)141-70-107(10,133)101(127)95(56-75(7)8)111-105(131)85(58-79-31-21-14-22-32-79)64-99(125)93(54-73(3)4)109-103(129)83(40-38-77-27-17-12-18-28-77)60-89(121)68-117-47-51-139-52-48-117/h11-36,61-62,65-66,72-75,82-85,92-95,132-133H,37-60,63-64,67-71H2,1-10H3,(H,108,128)(H,109,129)(H,110,130)(H,111,131)/t82-,83-,84-,85-,92+,93+,94+,95+,106?,107?/m1/s1. The van der Waals surface area contributed by atoms with Gasteiger partial charge in [-0.2, -0.15) is 16.8 Å². The lowest BCUT2D eigenvalue weighted by Gasteiger charge is -2.30. The molecule has 143 heavy (non-hydrogen) atoms. The minimum absolute atomic E-state index is 0.0138. The molecule has 0 saturated carbocycles. The largest absolute Gasteiger partial charge is 0.380 e. The lowest BCUT2D eigenvalue weighted by Crippen LogP contribution is -2.54. The van der Waals surface area contributed by atoms with Gasteiger partial charge in [-0.25, -0.2) is 9.36 Å². The number of hydrogen-bond acceptors (Lipinski definition) is 28. The maximum atomic E-state index is 14.8. The van der Waals surface area contributed by atoms with Gasteiger partial charge in [-0.05, 0) is 148 Å². The van der Waals surface area contributed by atoms with E-state index in [9.17, 15) is 84.6 Å². The van der Waals surface area contributed by atoms with Gasteiger partial charge < -0.3 is 41.0 Å².